The average molecular weight is 281 g/mol. The number of hydrogen-bond acceptors (Lipinski definition) is 5. The zero-order valence-electron chi connectivity index (χ0n) is 11.3. The Morgan fingerprint density at radius 2 is 1.89 bits per heavy atom. The molecule has 0 rings (SSSR count). The Labute approximate surface area is 109 Å². The third kappa shape index (κ3) is 8.40. The predicted molar refractivity (Wildman–Crippen MR) is 69.0 cm³/mol. The molecule has 7 nitrogen and oxygen atoms in total. The van der Waals surface area contributed by atoms with Crippen molar-refractivity contribution in [2.45, 2.75) is 45.8 Å². The summed E-state index contributed by atoms with van der Waals surface area (Å²) in [6.45, 7) is 7.11. The lowest BCUT2D eigenvalue weighted by Crippen LogP contribution is -2.48. The fourth-order valence-corrected chi connectivity index (χ4v) is 1.92. The van der Waals surface area contributed by atoms with Crippen LogP contribution in [0.3, 0.4) is 0 Å². The standard InChI is InChI=1S/C10H23N3O4S/c1-5-6-12-18(15,16)13-7-8(11)9(14)17-10(2,3)4/h8,12-13H,5-7,11H2,1-4H3/t8-/m0/s1. The molecule has 0 saturated heterocycles. The van der Waals surface area contributed by atoms with Gasteiger partial charge in [-0.25, -0.2) is 9.44 Å². The second-order valence-corrected chi connectivity index (χ2v) is 6.47. The fraction of sp³-hybridized carbons (Fsp3) is 0.900. The van der Waals surface area contributed by atoms with Gasteiger partial charge in [-0.3, -0.25) is 4.79 Å². The maximum atomic E-state index is 11.5. The van der Waals surface area contributed by atoms with Gasteiger partial charge in [0.05, 0.1) is 0 Å². The molecule has 18 heavy (non-hydrogen) atoms. The summed E-state index contributed by atoms with van der Waals surface area (Å²) in [5.41, 5.74) is 4.89. The zero-order valence-corrected chi connectivity index (χ0v) is 12.1. The molecule has 4 N–H and O–H groups in total. The van der Waals surface area contributed by atoms with Gasteiger partial charge in [0, 0.05) is 13.1 Å². The van der Waals surface area contributed by atoms with Gasteiger partial charge >= 0.3 is 5.97 Å². The van der Waals surface area contributed by atoms with Crippen LogP contribution in [0.2, 0.25) is 0 Å². The summed E-state index contributed by atoms with van der Waals surface area (Å²) in [6, 6.07) is -1.03. The summed E-state index contributed by atoms with van der Waals surface area (Å²) >= 11 is 0. The largest absolute Gasteiger partial charge is 0.459 e. The van der Waals surface area contributed by atoms with E-state index in [9.17, 15) is 13.2 Å². The molecule has 1 atom stereocenters. The van der Waals surface area contributed by atoms with Crippen LogP contribution in [-0.4, -0.2) is 39.1 Å². The van der Waals surface area contributed by atoms with Gasteiger partial charge in [0.2, 0.25) is 0 Å². The first-order chi connectivity index (χ1) is 8.07. The second-order valence-electron chi connectivity index (χ2n) is 4.89. The van der Waals surface area contributed by atoms with Crippen molar-refractivity contribution in [2.24, 2.45) is 5.73 Å². The summed E-state index contributed by atoms with van der Waals surface area (Å²) in [6.07, 6.45) is 0.680. The highest BCUT2D eigenvalue weighted by Gasteiger charge is 2.23. The first-order valence-corrected chi connectivity index (χ1v) is 7.28. The van der Waals surface area contributed by atoms with Crippen LogP contribution in [0.5, 0.6) is 0 Å². The van der Waals surface area contributed by atoms with E-state index >= 15 is 0 Å². The van der Waals surface area contributed by atoms with E-state index in [1.807, 2.05) is 6.92 Å². The predicted octanol–water partition coefficient (Wildman–Crippen LogP) is -0.511. The second kappa shape index (κ2) is 7.03. The highest BCUT2D eigenvalue weighted by Crippen LogP contribution is 2.07. The normalized spacial score (nSPS) is 14.3. The zero-order chi connectivity index (χ0) is 14.4. The monoisotopic (exact) mass is 281 g/mol. The molecule has 108 valence electrons. The average Bonchev–Trinajstić information content (AvgIpc) is 2.21. The quantitative estimate of drug-likeness (QED) is 0.544. The molecule has 0 fully saturated rings. The number of nitrogens with two attached hydrogens (primary N) is 1. The Morgan fingerprint density at radius 3 is 2.33 bits per heavy atom. The summed E-state index contributed by atoms with van der Waals surface area (Å²) in [7, 11) is -3.60. The number of esters is 1. The number of carbonyl (C=O) groups is 1. The molecular formula is C10H23N3O4S. The van der Waals surface area contributed by atoms with Crippen molar-refractivity contribution in [3.05, 3.63) is 0 Å². The topological polar surface area (TPSA) is 111 Å². The molecule has 0 amide bonds. The van der Waals surface area contributed by atoms with E-state index in [0.29, 0.717) is 13.0 Å². The fourth-order valence-electron chi connectivity index (χ4n) is 0.948. The van der Waals surface area contributed by atoms with Crippen LogP contribution < -0.4 is 15.2 Å². The number of carbonyl (C=O) groups excluding carboxylic acids is 1. The molecule has 0 aromatic heterocycles. The highest BCUT2D eigenvalue weighted by molar-refractivity contribution is 7.87. The summed E-state index contributed by atoms with van der Waals surface area (Å²) in [5.74, 6) is -0.638. The first kappa shape index (κ1) is 17.3. The van der Waals surface area contributed by atoms with E-state index in [1.165, 1.54) is 0 Å². The van der Waals surface area contributed by atoms with Crippen molar-refractivity contribution in [1.29, 1.82) is 0 Å². The van der Waals surface area contributed by atoms with Gasteiger partial charge in [0.1, 0.15) is 11.6 Å². The molecule has 0 radical (unpaired) electrons. The van der Waals surface area contributed by atoms with Crippen LogP contribution in [0, 0.1) is 0 Å². The van der Waals surface area contributed by atoms with Crippen molar-refractivity contribution in [3.63, 3.8) is 0 Å². The molecule has 0 unspecified atom stereocenters. The van der Waals surface area contributed by atoms with Gasteiger partial charge in [-0.2, -0.15) is 8.42 Å². The Morgan fingerprint density at radius 1 is 1.33 bits per heavy atom. The smallest absolute Gasteiger partial charge is 0.324 e. The van der Waals surface area contributed by atoms with Crippen LogP contribution in [0.4, 0.5) is 0 Å². The van der Waals surface area contributed by atoms with Gasteiger partial charge in [-0.1, -0.05) is 6.92 Å². The van der Waals surface area contributed by atoms with Gasteiger partial charge in [0.15, 0.2) is 0 Å². The van der Waals surface area contributed by atoms with Crippen molar-refractivity contribution >= 4 is 16.2 Å². The van der Waals surface area contributed by atoms with Gasteiger partial charge in [-0.15, -0.1) is 0 Å². The summed E-state index contributed by atoms with van der Waals surface area (Å²) in [4.78, 5) is 11.5. The van der Waals surface area contributed by atoms with E-state index in [1.54, 1.807) is 20.8 Å². The van der Waals surface area contributed by atoms with Crippen LogP contribution >= 0.6 is 0 Å². The molecule has 0 heterocycles. The van der Waals surface area contributed by atoms with Crippen LogP contribution in [-0.2, 0) is 19.7 Å². The lowest BCUT2D eigenvalue weighted by Gasteiger charge is -2.22. The van der Waals surface area contributed by atoms with E-state index in [0.717, 1.165) is 0 Å². The van der Waals surface area contributed by atoms with Crippen molar-refractivity contribution in [1.82, 2.24) is 9.44 Å². The lowest BCUT2D eigenvalue weighted by molar-refractivity contribution is -0.156. The SMILES string of the molecule is CCCNS(=O)(=O)NC[C@H](N)C(=O)OC(C)(C)C. The first-order valence-electron chi connectivity index (χ1n) is 5.80. The minimum Gasteiger partial charge on any atom is -0.459 e. The third-order valence-electron chi connectivity index (χ3n) is 1.74. The Hall–Kier alpha value is -0.700. The van der Waals surface area contributed by atoms with Gasteiger partial charge < -0.3 is 10.5 Å². The maximum Gasteiger partial charge on any atom is 0.324 e. The van der Waals surface area contributed by atoms with E-state index < -0.39 is 27.8 Å². The van der Waals surface area contributed by atoms with Crippen LogP contribution in [0.1, 0.15) is 34.1 Å². The highest BCUT2D eigenvalue weighted by atomic mass is 32.2. The number of nitrogens with one attached hydrogen (secondary N) is 2. The molecule has 0 aliphatic rings. The lowest BCUT2D eigenvalue weighted by atomic mass is 10.2. The number of ether oxygens (including phenoxy) is 1. The van der Waals surface area contributed by atoms with Crippen LogP contribution in [0.25, 0.3) is 0 Å². The molecule has 0 aliphatic carbocycles. The Bertz CT molecular complexity index is 362. The van der Waals surface area contributed by atoms with E-state index in [-0.39, 0.29) is 6.54 Å². The van der Waals surface area contributed by atoms with Gasteiger partial charge in [-0.05, 0) is 27.2 Å². The minimum atomic E-state index is -3.60. The Kier molecular flexibility index (Phi) is 6.76. The molecule has 0 aromatic rings. The van der Waals surface area contributed by atoms with Crippen molar-refractivity contribution < 1.29 is 17.9 Å². The molecule has 0 aromatic carbocycles. The Balaban J connectivity index is 4.18. The number of hydrogen-bond donors (Lipinski definition) is 3. The van der Waals surface area contributed by atoms with Gasteiger partial charge in [0.25, 0.3) is 10.2 Å². The van der Waals surface area contributed by atoms with Crippen molar-refractivity contribution in [2.75, 3.05) is 13.1 Å². The molecular weight excluding hydrogens is 258 g/mol. The molecule has 8 heteroatoms. The number of rotatable bonds is 7. The van der Waals surface area contributed by atoms with E-state index in [2.05, 4.69) is 9.44 Å². The maximum absolute atomic E-state index is 11.5. The minimum absolute atomic E-state index is 0.200. The van der Waals surface area contributed by atoms with Crippen molar-refractivity contribution in [3.8, 4) is 0 Å². The molecule has 0 saturated carbocycles. The molecule has 0 spiro atoms. The van der Waals surface area contributed by atoms with Crippen LogP contribution in [0.15, 0.2) is 0 Å². The summed E-state index contributed by atoms with van der Waals surface area (Å²) in [5, 5.41) is 0. The summed E-state index contributed by atoms with van der Waals surface area (Å²) < 4.78 is 32.3. The van der Waals surface area contributed by atoms with E-state index in [4.69, 9.17) is 10.5 Å². The third-order valence-corrected chi connectivity index (χ3v) is 2.88. The molecule has 0 aliphatic heterocycles. The molecule has 0 bridgehead atoms.